The van der Waals surface area contributed by atoms with E-state index < -0.39 is 4.92 Å². The highest BCUT2D eigenvalue weighted by molar-refractivity contribution is 5.85. The Labute approximate surface area is 101 Å². The molecule has 0 heterocycles. The average Bonchev–Trinajstić information content (AvgIpc) is 2.17. The maximum Gasteiger partial charge on any atom is 0.269 e. The van der Waals surface area contributed by atoms with Crippen molar-refractivity contribution in [3.05, 3.63) is 39.9 Å². The highest BCUT2D eigenvalue weighted by Crippen LogP contribution is 2.22. The van der Waals surface area contributed by atoms with Crippen LogP contribution in [0.25, 0.3) is 0 Å². The van der Waals surface area contributed by atoms with E-state index >= 15 is 0 Å². The van der Waals surface area contributed by atoms with Crippen LogP contribution in [-0.4, -0.2) is 4.92 Å². The number of nitrogens with two attached hydrogens (primary N) is 1. The van der Waals surface area contributed by atoms with Crippen molar-refractivity contribution in [2.24, 2.45) is 11.7 Å². The van der Waals surface area contributed by atoms with E-state index in [-0.39, 0.29) is 24.1 Å². The van der Waals surface area contributed by atoms with Gasteiger partial charge in [-0.25, -0.2) is 0 Å². The lowest BCUT2D eigenvalue weighted by atomic mass is 9.98. The molecule has 1 aromatic rings. The second kappa shape index (κ2) is 6.45. The highest BCUT2D eigenvalue weighted by Gasteiger charge is 2.12. The first-order chi connectivity index (χ1) is 7.00. The molecule has 2 N–H and O–H groups in total. The third-order valence-electron chi connectivity index (χ3n) is 2.23. The summed E-state index contributed by atoms with van der Waals surface area (Å²) in [6, 6.07) is 6.41. The second-order valence-electron chi connectivity index (χ2n) is 4.09. The van der Waals surface area contributed by atoms with Crippen molar-refractivity contribution < 1.29 is 4.92 Å². The molecule has 0 saturated heterocycles. The molecule has 0 amide bonds. The number of hydrogen-bond acceptors (Lipinski definition) is 3. The summed E-state index contributed by atoms with van der Waals surface area (Å²) in [6.45, 7) is 4.16. The molecule has 1 rings (SSSR count). The number of nitro benzene ring substituents is 1. The first-order valence-corrected chi connectivity index (χ1v) is 5.00. The summed E-state index contributed by atoms with van der Waals surface area (Å²) in [5.41, 5.74) is 6.88. The molecular weight excluding hydrogens is 228 g/mol. The lowest BCUT2D eigenvalue weighted by Gasteiger charge is -2.13. The molecule has 0 aromatic heterocycles. The molecule has 0 aliphatic rings. The van der Waals surface area contributed by atoms with Crippen LogP contribution in [0, 0.1) is 16.0 Å². The van der Waals surface area contributed by atoms with Crippen LogP contribution in [0.3, 0.4) is 0 Å². The fourth-order valence-corrected chi connectivity index (χ4v) is 1.51. The van der Waals surface area contributed by atoms with Gasteiger partial charge < -0.3 is 5.73 Å². The molecule has 0 spiro atoms. The summed E-state index contributed by atoms with van der Waals surface area (Å²) in [4.78, 5) is 10.2. The highest BCUT2D eigenvalue weighted by atomic mass is 35.5. The number of hydrogen-bond donors (Lipinski definition) is 1. The van der Waals surface area contributed by atoms with Crippen LogP contribution in [0.15, 0.2) is 24.3 Å². The van der Waals surface area contributed by atoms with Gasteiger partial charge in [0, 0.05) is 18.2 Å². The van der Waals surface area contributed by atoms with Gasteiger partial charge in [-0.1, -0.05) is 26.0 Å². The molecule has 0 bridgehead atoms. The average molecular weight is 245 g/mol. The first-order valence-electron chi connectivity index (χ1n) is 5.00. The molecule has 0 aliphatic heterocycles. The van der Waals surface area contributed by atoms with Gasteiger partial charge in [0.2, 0.25) is 0 Å². The Morgan fingerprint density at radius 1 is 1.44 bits per heavy atom. The Morgan fingerprint density at radius 2 is 2.06 bits per heavy atom. The Hall–Kier alpha value is -1.13. The number of halogens is 1. The third-order valence-corrected chi connectivity index (χ3v) is 2.23. The molecule has 16 heavy (non-hydrogen) atoms. The van der Waals surface area contributed by atoms with Crippen LogP contribution >= 0.6 is 12.4 Å². The van der Waals surface area contributed by atoms with Crippen molar-refractivity contribution in [3.8, 4) is 0 Å². The van der Waals surface area contributed by atoms with Gasteiger partial charge in [0.25, 0.3) is 5.69 Å². The predicted octanol–water partition coefficient (Wildman–Crippen LogP) is 3.06. The largest absolute Gasteiger partial charge is 0.324 e. The normalized spacial score (nSPS) is 12.0. The van der Waals surface area contributed by atoms with Gasteiger partial charge in [0.15, 0.2) is 0 Å². The molecule has 90 valence electrons. The molecule has 0 radical (unpaired) electrons. The van der Waals surface area contributed by atoms with Crippen molar-refractivity contribution in [3.63, 3.8) is 0 Å². The maximum atomic E-state index is 10.6. The van der Waals surface area contributed by atoms with Gasteiger partial charge in [0.1, 0.15) is 0 Å². The fraction of sp³-hybridized carbons (Fsp3) is 0.455. The van der Waals surface area contributed by atoms with Gasteiger partial charge in [-0.3, -0.25) is 10.1 Å². The van der Waals surface area contributed by atoms with Crippen molar-refractivity contribution in [1.82, 2.24) is 0 Å². The number of nitrogens with zero attached hydrogens (tertiary/aromatic N) is 1. The molecule has 4 nitrogen and oxygen atoms in total. The minimum atomic E-state index is -0.397. The smallest absolute Gasteiger partial charge is 0.269 e. The SMILES string of the molecule is CC(C)C[C@@H](N)c1cccc([N+](=O)[O-])c1.Cl. The van der Waals surface area contributed by atoms with Gasteiger partial charge >= 0.3 is 0 Å². The van der Waals surface area contributed by atoms with Crippen LogP contribution in [0.5, 0.6) is 0 Å². The second-order valence-corrected chi connectivity index (χ2v) is 4.09. The summed E-state index contributed by atoms with van der Waals surface area (Å²) in [6.07, 6.45) is 0.834. The monoisotopic (exact) mass is 244 g/mol. The molecule has 1 aromatic carbocycles. The number of benzene rings is 1. The topological polar surface area (TPSA) is 69.2 Å². The number of nitro groups is 1. The van der Waals surface area contributed by atoms with Crippen molar-refractivity contribution in [2.45, 2.75) is 26.3 Å². The number of non-ortho nitro benzene ring substituents is 1. The summed E-state index contributed by atoms with van der Waals surface area (Å²) < 4.78 is 0. The minimum Gasteiger partial charge on any atom is -0.324 e. The fourth-order valence-electron chi connectivity index (χ4n) is 1.51. The Balaban J connectivity index is 0.00000225. The Kier molecular flexibility index (Phi) is 6.00. The zero-order chi connectivity index (χ0) is 11.4. The summed E-state index contributed by atoms with van der Waals surface area (Å²) in [5, 5.41) is 10.6. The zero-order valence-corrected chi connectivity index (χ0v) is 10.2. The quantitative estimate of drug-likeness (QED) is 0.654. The Morgan fingerprint density at radius 3 is 2.56 bits per heavy atom. The third kappa shape index (κ3) is 4.16. The number of rotatable bonds is 4. The lowest BCUT2D eigenvalue weighted by molar-refractivity contribution is -0.384. The van der Waals surface area contributed by atoms with Crippen LogP contribution in [0.2, 0.25) is 0 Å². The molecule has 0 unspecified atom stereocenters. The van der Waals surface area contributed by atoms with Crippen molar-refractivity contribution in [1.29, 1.82) is 0 Å². The van der Waals surface area contributed by atoms with Crippen molar-refractivity contribution >= 4 is 18.1 Å². The van der Waals surface area contributed by atoms with Gasteiger partial charge in [0.05, 0.1) is 4.92 Å². The van der Waals surface area contributed by atoms with E-state index in [0.29, 0.717) is 5.92 Å². The summed E-state index contributed by atoms with van der Waals surface area (Å²) in [7, 11) is 0. The maximum absolute atomic E-state index is 10.6. The van der Waals surface area contributed by atoms with E-state index in [9.17, 15) is 10.1 Å². The van der Waals surface area contributed by atoms with E-state index in [4.69, 9.17) is 5.73 Å². The van der Waals surface area contributed by atoms with Crippen molar-refractivity contribution in [2.75, 3.05) is 0 Å². The minimum absolute atomic E-state index is 0. The molecule has 0 aliphatic carbocycles. The van der Waals surface area contributed by atoms with Gasteiger partial charge in [-0.05, 0) is 17.9 Å². The van der Waals surface area contributed by atoms with Crippen LogP contribution < -0.4 is 5.73 Å². The molecule has 0 saturated carbocycles. The van der Waals surface area contributed by atoms with E-state index in [2.05, 4.69) is 13.8 Å². The zero-order valence-electron chi connectivity index (χ0n) is 9.42. The lowest BCUT2D eigenvalue weighted by Crippen LogP contribution is -2.12. The van der Waals surface area contributed by atoms with Crippen LogP contribution in [0.4, 0.5) is 5.69 Å². The predicted molar refractivity (Wildman–Crippen MR) is 66.7 cm³/mol. The first kappa shape index (κ1) is 14.9. The molecule has 5 heteroatoms. The van der Waals surface area contributed by atoms with E-state index in [1.165, 1.54) is 6.07 Å². The Bertz CT molecular complexity index is 356. The standard InChI is InChI=1S/C11H16N2O2.ClH/c1-8(2)6-11(12)9-4-3-5-10(7-9)13(14)15;/h3-5,7-8,11H,6,12H2,1-2H3;1H/t11-;/m1./s1. The van der Waals surface area contributed by atoms with Crippen LogP contribution in [-0.2, 0) is 0 Å². The summed E-state index contributed by atoms with van der Waals surface area (Å²) >= 11 is 0. The van der Waals surface area contributed by atoms with Gasteiger partial charge in [-0.2, -0.15) is 0 Å². The van der Waals surface area contributed by atoms with E-state index in [1.54, 1.807) is 12.1 Å². The van der Waals surface area contributed by atoms with E-state index in [0.717, 1.165) is 12.0 Å². The van der Waals surface area contributed by atoms with Gasteiger partial charge in [-0.15, -0.1) is 12.4 Å². The molecule has 0 fully saturated rings. The molecule has 1 atom stereocenters. The molecular formula is C11H17ClN2O2. The van der Waals surface area contributed by atoms with E-state index in [1.807, 2.05) is 6.07 Å². The van der Waals surface area contributed by atoms with Crippen LogP contribution in [0.1, 0.15) is 31.9 Å². The summed E-state index contributed by atoms with van der Waals surface area (Å²) in [5.74, 6) is 0.485.